The van der Waals surface area contributed by atoms with Crippen LogP contribution in [0.4, 0.5) is 20.7 Å². The number of rotatable bonds is 4. The molecule has 5 rings (SSSR count). The van der Waals surface area contributed by atoms with Crippen LogP contribution >= 0.6 is 11.6 Å². The smallest absolute Gasteiger partial charge is 0.324 e. The second-order valence-corrected chi connectivity index (χ2v) is 7.70. The Hall–Kier alpha value is -4.24. The van der Waals surface area contributed by atoms with E-state index in [0.29, 0.717) is 38.7 Å². The molecule has 0 unspecified atom stereocenters. The normalized spacial score (nSPS) is 12.2. The Morgan fingerprint density at radius 1 is 1.00 bits per heavy atom. The number of fused-ring (bicyclic) bond motifs is 1. The Labute approximate surface area is 192 Å². The van der Waals surface area contributed by atoms with Gasteiger partial charge in [0.25, 0.3) is 5.91 Å². The first-order valence-electron chi connectivity index (χ1n) is 9.93. The summed E-state index contributed by atoms with van der Waals surface area (Å²) >= 11 is 5.88. The molecule has 0 radical (unpaired) electrons. The molecular weight excluding hydrogens is 447 g/mol. The summed E-state index contributed by atoms with van der Waals surface area (Å²) in [5.41, 5.74) is 2.98. The molecule has 33 heavy (non-hydrogen) atoms. The fraction of sp³-hybridized carbons (Fsp3) is 0.0435. The maximum Gasteiger partial charge on any atom is 0.324 e. The summed E-state index contributed by atoms with van der Waals surface area (Å²) in [6.07, 6.45) is 4.74. The molecule has 1 aliphatic heterocycles. The van der Waals surface area contributed by atoms with Gasteiger partial charge in [0.1, 0.15) is 17.5 Å². The van der Waals surface area contributed by atoms with Crippen molar-refractivity contribution in [3.63, 3.8) is 0 Å². The lowest BCUT2D eigenvalue weighted by atomic mass is 9.92. The molecule has 3 amide bonds. The van der Waals surface area contributed by atoms with Crippen LogP contribution in [0.3, 0.4) is 0 Å². The third-order valence-corrected chi connectivity index (χ3v) is 5.43. The third-order valence-electron chi connectivity index (χ3n) is 5.20. The van der Waals surface area contributed by atoms with E-state index in [0.717, 1.165) is 0 Å². The van der Waals surface area contributed by atoms with Crippen LogP contribution in [0.1, 0.15) is 15.9 Å². The molecule has 2 aromatic heterocycles. The molecule has 0 atom stereocenters. The molecule has 0 fully saturated rings. The lowest BCUT2D eigenvalue weighted by Crippen LogP contribution is -2.20. The maximum atomic E-state index is 15.1. The van der Waals surface area contributed by atoms with E-state index in [1.54, 1.807) is 42.7 Å². The highest BCUT2D eigenvalue weighted by atomic mass is 35.5. The average Bonchev–Trinajstić information content (AvgIpc) is 3.44. The number of hydrogen-bond acceptors (Lipinski definition) is 4. The van der Waals surface area contributed by atoms with Crippen LogP contribution < -0.4 is 16.0 Å². The lowest BCUT2D eigenvalue weighted by molar-refractivity contribution is 0.0966. The number of nitrogens with one attached hydrogen (secondary N) is 4. The Morgan fingerprint density at radius 2 is 1.82 bits per heavy atom. The molecule has 10 heteroatoms. The number of carbonyl (C=O) groups is 2. The number of halogens is 2. The number of imidazole rings is 1. The summed E-state index contributed by atoms with van der Waals surface area (Å²) < 4.78 is 15.1. The van der Waals surface area contributed by atoms with Gasteiger partial charge in [-0.1, -0.05) is 17.7 Å². The fourth-order valence-corrected chi connectivity index (χ4v) is 3.93. The van der Waals surface area contributed by atoms with Crippen LogP contribution in [0.5, 0.6) is 0 Å². The quantitative estimate of drug-likeness (QED) is 0.348. The van der Waals surface area contributed by atoms with E-state index in [1.807, 2.05) is 0 Å². The zero-order valence-electron chi connectivity index (χ0n) is 16.9. The first-order chi connectivity index (χ1) is 16.0. The van der Waals surface area contributed by atoms with Crippen molar-refractivity contribution in [3.8, 4) is 22.5 Å². The van der Waals surface area contributed by atoms with Crippen LogP contribution in [-0.2, 0) is 6.54 Å². The second kappa shape index (κ2) is 8.36. The number of nitrogens with zero attached hydrogens (tertiary/aromatic N) is 2. The van der Waals surface area contributed by atoms with Gasteiger partial charge in [-0.3, -0.25) is 10.1 Å². The van der Waals surface area contributed by atoms with Crippen molar-refractivity contribution in [2.45, 2.75) is 6.54 Å². The minimum absolute atomic E-state index is 0.233. The number of H-pyrrole nitrogens is 1. The summed E-state index contributed by atoms with van der Waals surface area (Å²) in [5, 5.41) is 8.32. The van der Waals surface area contributed by atoms with E-state index in [-0.39, 0.29) is 24.0 Å². The topological polar surface area (TPSA) is 112 Å². The van der Waals surface area contributed by atoms with Crippen molar-refractivity contribution >= 4 is 35.0 Å². The predicted molar refractivity (Wildman–Crippen MR) is 122 cm³/mol. The number of pyridine rings is 1. The molecule has 0 saturated heterocycles. The molecule has 3 heterocycles. The van der Waals surface area contributed by atoms with Crippen LogP contribution in [-0.4, -0.2) is 26.9 Å². The van der Waals surface area contributed by atoms with Crippen LogP contribution in [0.2, 0.25) is 5.02 Å². The Kier molecular flexibility index (Phi) is 5.23. The van der Waals surface area contributed by atoms with Crippen molar-refractivity contribution < 1.29 is 14.0 Å². The fourth-order valence-electron chi connectivity index (χ4n) is 3.77. The number of carbonyl (C=O) groups excluding carboxylic acids is 2. The molecule has 164 valence electrons. The molecular formula is C23H16ClFN6O2. The van der Waals surface area contributed by atoms with Gasteiger partial charge in [0.05, 0.1) is 5.56 Å². The van der Waals surface area contributed by atoms with Gasteiger partial charge in [-0.2, -0.15) is 0 Å². The van der Waals surface area contributed by atoms with Crippen molar-refractivity contribution in [2.24, 2.45) is 0 Å². The highest BCUT2D eigenvalue weighted by molar-refractivity contribution is 6.30. The van der Waals surface area contributed by atoms with Crippen molar-refractivity contribution in [2.75, 3.05) is 10.6 Å². The average molecular weight is 463 g/mol. The molecule has 0 aliphatic carbocycles. The number of urea groups is 1. The number of benzene rings is 2. The molecule has 4 N–H and O–H groups in total. The van der Waals surface area contributed by atoms with Crippen molar-refractivity contribution in [1.29, 1.82) is 0 Å². The van der Waals surface area contributed by atoms with Crippen LogP contribution in [0.25, 0.3) is 22.5 Å². The zero-order chi connectivity index (χ0) is 22.9. The van der Waals surface area contributed by atoms with Crippen molar-refractivity contribution in [3.05, 3.63) is 83.0 Å². The van der Waals surface area contributed by atoms with Crippen LogP contribution in [0, 0.1) is 5.82 Å². The number of aromatic amines is 1. The monoisotopic (exact) mass is 462 g/mol. The van der Waals surface area contributed by atoms with Gasteiger partial charge in [0.15, 0.2) is 0 Å². The van der Waals surface area contributed by atoms with Gasteiger partial charge in [0.2, 0.25) is 0 Å². The predicted octanol–water partition coefficient (Wildman–Crippen LogP) is 4.82. The minimum Gasteiger partial charge on any atom is -0.348 e. The van der Waals surface area contributed by atoms with E-state index >= 15 is 4.39 Å². The summed E-state index contributed by atoms with van der Waals surface area (Å²) in [7, 11) is 0. The first kappa shape index (κ1) is 20.7. The van der Waals surface area contributed by atoms with E-state index in [2.05, 4.69) is 30.9 Å². The van der Waals surface area contributed by atoms with Gasteiger partial charge < -0.3 is 15.6 Å². The van der Waals surface area contributed by atoms with Gasteiger partial charge in [-0.05, 0) is 47.5 Å². The summed E-state index contributed by atoms with van der Waals surface area (Å²) in [4.78, 5) is 35.9. The maximum absolute atomic E-state index is 15.1. The Morgan fingerprint density at radius 3 is 2.58 bits per heavy atom. The molecule has 0 saturated carbocycles. The van der Waals surface area contributed by atoms with Crippen molar-refractivity contribution in [1.82, 2.24) is 20.3 Å². The molecule has 2 aromatic carbocycles. The molecule has 1 aliphatic rings. The van der Waals surface area contributed by atoms with E-state index in [4.69, 9.17) is 11.6 Å². The summed E-state index contributed by atoms with van der Waals surface area (Å²) in [6.45, 7) is 0.284. The van der Waals surface area contributed by atoms with Gasteiger partial charge in [0, 0.05) is 47.0 Å². The standard InChI is InChI=1S/C23H16ClFN6O2/c24-12-5-6-26-19(9-12)31-23(33)30-13-1-2-15(18(25)10-13)14-3-4-16(21-27-7-8-28-21)20-17(14)11-29-22(20)32/h1-10H,11H2,(H,27,28)(H,29,32)(H2,26,30,31,33). The highest BCUT2D eigenvalue weighted by Crippen LogP contribution is 2.36. The zero-order valence-corrected chi connectivity index (χ0v) is 17.7. The number of hydrogen-bond donors (Lipinski definition) is 4. The third kappa shape index (κ3) is 4.01. The van der Waals surface area contributed by atoms with Gasteiger partial charge in [-0.15, -0.1) is 0 Å². The summed E-state index contributed by atoms with van der Waals surface area (Å²) in [5.74, 6) is 0.0563. The van der Waals surface area contributed by atoms with Gasteiger partial charge >= 0.3 is 6.03 Å². The van der Waals surface area contributed by atoms with E-state index in [1.165, 1.54) is 18.3 Å². The molecule has 4 aromatic rings. The first-order valence-corrected chi connectivity index (χ1v) is 10.3. The Balaban J connectivity index is 1.42. The molecule has 0 bridgehead atoms. The number of aromatic nitrogens is 3. The van der Waals surface area contributed by atoms with Gasteiger partial charge in [-0.25, -0.2) is 19.2 Å². The Bertz CT molecular complexity index is 1390. The van der Waals surface area contributed by atoms with Crippen LogP contribution in [0.15, 0.2) is 61.1 Å². The highest BCUT2D eigenvalue weighted by Gasteiger charge is 2.28. The number of anilines is 2. The summed E-state index contributed by atoms with van der Waals surface area (Å²) in [6, 6.07) is 10.4. The lowest BCUT2D eigenvalue weighted by Gasteiger charge is -2.13. The minimum atomic E-state index is -0.588. The molecule has 8 nitrogen and oxygen atoms in total. The van der Waals surface area contributed by atoms with E-state index < -0.39 is 11.8 Å². The molecule has 0 spiro atoms. The van der Waals surface area contributed by atoms with E-state index in [9.17, 15) is 9.59 Å². The SMILES string of the molecule is O=C(Nc1ccc(-c2ccc(-c3ncc[nH]3)c3c2CNC3=O)c(F)c1)Nc1cc(Cl)ccn1. The second-order valence-electron chi connectivity index (χ2n) is 7.27. The number of amides is 3. The largest absolute Gasteiger partial charge is 0.348 e.